The van der Waals surface area contributed by atoms with Crippen LogP contribution in [-0.4, -0.2) is 48.0 Å². The van der Waals surface area contributed by atoms with Gasteiger partial charge in [-0.05, 0) is 6.42 Å². The van der Waals surface area contributed by atoms with Crippen LogP contribution < -0.4 is 0 Å². The van der Waals surface area contributed by atoms with Crippen LogP contribution in [0.25, 0.3) is 0 Å². The third-order valence-electron chi connectivity index (χ3n) is 0.767. The molecule has 1 unspecified atom stereocenters. The molecule has 0 bridgehead atoms. The van der Waals surface area contributed by atoms with Gasteiger partial charge in [-0.25, -0.2) is 10.1 Å². The Morgan fingerprint density at radius 3 is 2.69 bits per heavy atom. The van der Waals surface area contributed by atoms with Gasteiger partial charge in [-0.15, -0.1) is 6.58 Å². The van der Waals surface area contributed by atoms with Crippen molar-refractivity contribution in [3.8, 4) is 0 Å². The average Bonchev–Trinajstić information content (AvgIpc) is 2.11. The summed E-state index contributed by atoms with van der Waals surface area (Å²) in [6.07, 6.45) is 2.32. The van der Waals surface area contributed by atoms with Gasteiger partial charge in [-0.2, -0.15) is 9.35 Å². The van der Waals surface area contributed by atoms with Crippen LogP contribution in [0.1, 0.15) is 13.3 Å². The van der Waals surface area contributed by atoms with Crippen LogP contribution in [0.2, 0.25) is 0 Å². The van der Waals surface area contributed by atoms with Crippen molar-refractivity contribution in [3.63, 3.8) is 0 Å². The van der Waals surface area contributed by atoms with Crippen molar-refractivity contribution in [1.29, 1.82) is 0 Å². The third-order valence-corrected chi connectivity index (χ3v) is 1.52. The topological polar surface area (TPSA) is 57.2 Å². The van der Waals surface area contributed by atoms with Crippen LogP contribution >= 0.6 is 8.60 Å². The fraction of sp³-hybridized carbons (Fsp3) is 0.667. The van der Waals surface area contributed by atoms with Crippen molar-refractivity contribution in [2.45, 2.75) is 13.3 Å². The van der Waals surface area contributed by atoms with E-state index >= 15 is 0 Å². The molecule has 0 aromatic carbocycles. The predicted octanol–water partition coefficient (Wildman–Crippen LogP) is 1.62. The summed E-state index contributed by atoms with van der Waals surface area (Å²) in [5, 5.41) is 8.22. The van der Waals surface area contributed by atoms with Gasteiger partial charge in [-0.3, -0.25) is 0 Å². The van der Waals surface area contributed by atoms with E-state index in [1.807, 2.05) is 6.92 Å². The SMILES string of the molecule is C=CCOOP(OO)OCCC.[NaH]. The van der Waals surface area contributed by atoms with Gasteiger partial charge in [0.1, 0.15) is 6.61 Å². The van der Waals surface area contributed by atoms with Gasteiger partial charge >= 0.3 is 38.2 Å². The van der Waals surface area contributed by atoms with Gasteiger partial charge in [0.25, 0.3) is 0 Å². The van der Waals surface area contributed by atoms with Crippen LogP contribution in [0, 0.1) is 0 Å². The molecular weight excluding hydrogens is 206 g/mol. The standard InChI is InChI=1S/C6H13O5P.Na.H/c1-3-5-8-11-12(10-7)9-6-4-2;;/h3,7H,1,4-6H2,2H3;;. The fourth-order valence-electron chi connectivity index (χ4n) is 0.346. The predicted molar refractivity (Wildman–Crippen MR) is 51.3 cm³/mol. The zero-order valence-electron chi connectivity index (χ0n) is 6.93. The molecule has 0 fully saturated rings. The Labute approximate surface area is 101 Å². The van der Waals surface area contributed by atoms with Crippen molar-refractivity contribution in [2.75, 3.05) is 13.2 Å². The summed E-state index contributed by atoms with van der Waals surface area (Å²) in [6, 6.07) is 0. The maximum atomic E-state index is 8.22. The van der Waals surface area contributed by atoms with E-state index in [0.29, 0.717) is 6.61 Å². The van der Waals surface area contributed by atoms with E-state index < -0.39 is 8.60 Å². The van der Waals surface area contributed by atoms with Crippen LogP contribution in [0.15, 0.2) is 12.7 Å². The molecule has 0 aliphatic heterocycles. The van der Waals surface area contributed by atoms with Crippen LogP contribution in [0.5, 0.6) is 0 Å². The minimum atomic E-state index is -1.79. The summed E-state index contributed by atoms with van der Waals surface area (Å²) >= 11 is 0. The second-order valence-electron chi connectivity index (χ2n) is 1.79. The molecule has 1 N–H and O–H groups in total. The molecule has 0 aliphatic carbocycles. The Bertz CT molecular complexity index is 115. The summed E-state index contributed by atoms with van der Waals surface area (Å²) in [4.78, 5) is 4.53. The molecule has 13 heavy (non-hydrogen) atoms. The second-order valence-corrected chi connectivity index (χ2v) is 2.80. The Kier molecular flexibility index (Phi) is 16.4. The fourth-order valence-corrected chi connectivity index (χ4v) is 0.942. The summed E-state index contributed by atoms with van der Waals surface area (Å²) in [6.45, 7) is 6.00. The Morgan fingerprint density at radius 1 is 1.54 bits per heavy atom. The number of hydrogen-bond donors (Lipinski definition) is 1. The first kappa shape index (κ1) is 16.4. The normalized spacial score (nSPS) is 11.8. The van der Waals surface area contributed by atoms with Crippen molar-refractivity contribution in [2.24, 2.45) is 0 Å². The van der Waals surface area contributed by atoms with Crippen LogP contribution in [0.3, 0.4) is 0 Å². The molecule has 7 heteroatoms. The quantitative estimate of drug-likeness (QED) is 0.168. The van der Waals surface area contributed by atoms with Gasteiger partial charge in [0.2, 0.25) is 0 Å². The average molecular weight is 220 g/mol. The summed E-state index contributed by atoms with van der Waals surface area (Å²) in [7, 11) is -1.79. The molecule has 0 aromatic heterocycles. The third kappa shape index (κ3) is 10.9. The van der Waals surface area contributed by atoms with Crippen molar-refractivity contribution < 1.29 is 24.0 Å². The molecule has 5 nitrogen and oxygen atoms in total. The Morgan fingerprint density at radius 2 is 2.23 bits per heavy atom. The zero-order valence-corrected chi connectivity index (χ0v) is 7.83. The van der Waals surface area contributed by atoms with E-state index in [0.717, 1.165) is 6.42 Å². The van der Waals surface area contributed by atoms with E-state index in [2.05, 4.69) is 20.8 Å². The summed E-state index contributed by atoms with van der Waals surface area (Å²) in [5.74, 6) is 0. The van der Waals surface area contributed by atoms with E-state index in [-0.39, 0.29) is 36.2 Å². The van der Waals surface area contributed by atoms with Gasteiger partial charge in [0, 0.05) is 0 Å². The van der Waals surface area contributed by atoms with E-state index in [4.69, 9.17) is 9.78 Å². The summed E-state index contributed by atoms with van der Waals surface area (Å²) in [5.41, 5.74) is 0. The zero-order chi connectivity index (χ0) is 9.23. The van der Waals surface area contributed by atoms with Gasteiger partial charge < -0.3 is 4.52 Å². The van der Waals surface area contributed by atoms with Crippen LogP contribution in [-0.2, 0) is 18.8 Å². The van der Waals surface area contributed by atoms with Gasteiger partial charge in [0.05, 0.1) is 6.61 Å². The molecule has 0 rings (SSSR count). The molecule has 0 aliphatic rings. The first-order valence-electron chi connectivity index (χ1n) is 3.50. The monoisotopic (exact) mass is 220 g/mol. The Hall–Kier alpha value is 0.970. The molecule has 0 amide bonds. The maximum absolute atomic E-state index is 8.22. The van der Waals surface area contributed by atoms with Crippen LogP contribution in [0.4, 0.5) is 0 Å². The molecule has 0 aromatic rings. The Balaban J connectivity index is 0. The number of rotatable bonds is 8. The molecule has 0 radical (unpaired) electrons. The second kappa shape index (κ2) is 13.0. The van der Waals surface area contributed by atoms with Gasteiger partial charge in [-0.1, -0.05) is 13.0 Å². The molecule has 1 atom stereocenters. The molecule has 0 spiro atoms. The van der Waals surface area contributed by atoms with E-state index in [1.165, 1.54) is 6.08 Å². The molecule has 0 heterocycles. The van der Waals surface area contributed by atoms with Crippen molar-refractivity contribution >= 4 is 38.2 Å². The van der Waals surface area contributed by atoms with E-state index in [9.17, 15) is 0 Å². The van der Waals surface area contributed by atoms with Crippen molar-refractivity contribution in [3.05, 3.63) is 12.7 Å². The van der Waals surface area contributed by atoms with Crippen molar-refractivity contribution in [1.82, 2.24) is 0 Å². The molecular formula is C6H14NaO5P. The first-order valence-corrected chi connectivity index (χ1v) is 4.59. The molecule has 74 valence electrons. The minimum absolute atomic E-state index is 0. The first-order chi connectivity index (χ1) is 5.85. The number of hydrogen-bond acceptors (Lipinski definition) is 5. The molecule has 0 saturated heterocycles. The molecule has 0 saturated carbocycles. The summed E-state index contributed by atoms with van der Waals surface area (Å²) < 4.78 is 13.3. The van der Waals surface area contributed by atoms with Gasteiger partial charge in [0.15, 0.2) is 0 Å². The van der Waals surface area contributed by atoms with E-state index in [1.54, 1.807) is 0 Å².